The molecule has 3 aromatic carbocycles. The van der Waals surface area contributed by atoms with E-state index in [0.29, 0.717) is 40.5 Å². The first-order valence-electron chi connectivity index (χ1n) is 12.2. The number of anilines is 1. The van der Waals surface area contributed by atoms with Crippen LogP contribution in [-0.2, 0) is 0 Å². The van der Waals surface area contributed by atoms with Crippen LogP contribution in [0.2, 0.25) is 5.02 Å². The average Bonchev–Trinajstić information content (AvgIpc) is 2.86. The molecule has 2 amide bonds. The van der Waals surface area contributed by atoms with Crippen molar-refractivity contribution in [1.82, 2.24) is 19.4 Å². The maximum atomic E-state index is 13.9. The van der Waals surface area contributed by atoms with Gasteiger partial charge in [0, 0.05) is 23.8 Å². The highest BCUT2D eigenvalue weighted by atomic mass is 35.5. The molecule has 1 N–H and O–H groups in total. The quantitative estimate of drug-likeness (QED) is 0.335. The van der Waals surface area contributed by atoms with Crippen LogP contribution < -0.4 is 10.9 Å². The molecule has 0 radical (unpaired) electrons. The smallest absolute Gasteiger partial charge is 0.313 e. The standard InChI is InChI=1S/C29H32ClN5O2/c1-19-10-15-26(20(2)18-19)35-27(32-25-9-7-6-8-24(25)28(35)36)21(3)34(17-16-33(4)5)29(37)31-23-13-11-22(30)12-14-23/h6-15,18,21H,16-17H2,1-5H3,(H,31,37). The minimum atomic E-state index is -0.509. The zero-order valence-electron chi connectivity index (χ0n) is 21.8. The summed E-state index contributed by atoms with van der Waals surface area (Å²) < 4.78 is 1.65. The largest absolute Gasteiger partial charge is 0.322 e. The van der Waals surface area contributed by atoms with Gasteiger partial charge in [-0.05, 0) is 82.9 Å². The van der Waals surface area contributed by atoms with Crippen molar-refractivity contribution in [2.24, 2.45) is 0 Å². The number of rotatable bonds is 7. The molecular weight excluding hydrogens is 486 g/mol. The summed E-state index contributed by atoms with van der Waals surface area (Å²) in [5, 5.41) is 4.09. The Morgan fingerprint density at radius 2 is 1.73 bits per heavy atom. The number of carbonyl (C=O) groups is 1. The topological polar surface area (TPSA) is 70.5 Å². The van der Waals surface area contributed by atoms with Gasteiger partial charge in [-0.1, -0.05) is 41.4 Å². The van der Waals surface area contributed by atoms with E-state index in [4.69, 9.17) is 16.6 Å². The number of carbonyl (C=O) groups excluding carboxylic acids is 1. The molecule has 1 unspecified atom stereocenters. The van der Waals surface area contributed by atoms with Crippen LogP contribution in [0.4, 0.5) is 10.5 Å². The molecule has 4 aromatic rings. The fourth-order valence-electron chi connectivity index (χ4n) is 4.37. The zero-order chi connectivity index (χ0) is 26.7. The number of halogens is 1. The molecular formula is C29H32ClN5O2. The van der Waals surface area contributed by atoms with Gasteiger partial charge in [-0.25, -0.2) is 9.78 Å². The monoisotopic (exact) mass is 517 g/mol. The van der Waals surface area contributed by atoms with Crippen molar-refractivity contribution in [3.63, 3.8) is 0 Å². The lowest BCUT2D eigenvalue weighted by atomic mass is 10.1. The van der Waals surface area contributed by atoms with Gasteiger partial charge in [0.2, 0.25) is 0 Å². The van der Waals surface area contributed by atoms with E-state index in [-0.39, 0.29) is 11.6 Å². The Kier molecular flexibility index (Phi) is 7.95. The van der Waals surface area contributed by atoms with Gasteiger partial charge in [-0.3, -0.25) is 9.36 Å². The number of urea groups is 1. The molecule has 0 aliphatic heterocycles. The van der Waals surface area contributed by atoms with Crippen molar-refractivity contribution in [3.8, 4) is 5.69 Å². The summed E-state index contributed by atoms with van der Waals surface area (Å²) in [6.07, 6.45) is 0. The Hall–Kier alpha value is -3.68. The number of hydrogen-bond donors (Lipinski definition) is 1. The first kappa shape index (κ1) is 26.4. The van der Waals surface area contributed by atoms with E-state index in [1.165, 1.54) is 0 Å². The van der Waals surface area contributed by atoms with Crippen LogP contribution in [0, 0.1) is 13.8 Å². The predicted octanol–water partition coefficient (Wildman–Crippen LogP) is 5.81. The van der Waals surface area contributed by atoms with Crippen LogP contribution in [0.1, 0.15) is 29.9 Å². The molecule has 0 saturated carbocycles. The average molecular weight is 518 g/mol. The Morgan fingerprint density at radius 1 is 1.03 bits per heavy atom. The number of amides is 2. The Bertz CT molecular complexity index is 1480. The Balaban J connectivity index is 1.85. The van der Waals surface area contributed by atoms with Crippen molar-refractivity contribution in [3.05, 3.63) is 99.1 Å². The molecule has 1 aromatic heterocycles. The van der Waals surface area contributed by atoms with E-state index in [9.17, 15) is 9.59 Å². The van der Waals surface area contributed by atoms with Crippen LogP contribution in [0.25, 0.3) is 16.6 Å². The molecule has 7 nitrogen and oxygen atoms in total. The second-order valence-electron chi connectivity index (χ2n) is 9.53. The minimum absolute atomic E-state index is 0.162. The van der Waals surface area contributed by atoms with E-state index in [0.717, 1.165) is 16.8 Å². The van der Waals surface area contributed by atoms with E-state index < -0.39 is 6.04 Å². The first-order chi connectivity index (χ1) is 17.7. The molecule has 0 aliphatic rings. The third kappa shape index (κ3) is 5.84. The molecule has 0 bridgehead atoms. The molecule has 1 heterocycles. The van der Waals surface area contributed by atoms with Crippen LogP contribution >= 0.6 is 11.6 Å². The van der Waals surface area contributed by atoms with E-state index in [2.05, 4.69) is 5.32 Å². The minimum Gasteiger partial charge on any atom is -0.313 e. The number of benzene rings is 3. The predicted molar refractivity (Wildman–Crippen MR) is 151 cm³/mol. The van der Waals surface area contributed by atoms with E-state index >= 15 is 0 Å². The number of para-hydroxylation sites is 1. The van der Waals surface area contributed by atoms with E-state index in [1.807, 2.05) is 76.2 Å². The van der Waals surface area contributed by atoms with Gasteiger partial charge in [0.15, 0.2) is 0 Å². The summed E-state index contributed by atoms with van der Waals surface area (Å²) >= 11 is 6.02. The molecule has 8 heteroatoms. The number of fused-ring (bicyclic) bond motifs is 1. The SMILES string of the molecule is Cc1ccc(-n2c(C(C)N(CCN(C)C)C(=O)Nc3ccc(Cl)cc3)nc3ccccc3c2=O)c(C)c1. The number of nitrogens with one attached hydrogen (secondary N) is 1. The fourth-order valence-corrected chi connectivity index (χ4v) is 4.49. The van der Waals surface area contributed by atoms with E-state index in [1.54, 1.807) is 39.8 Å². The van der Waals surface area contributed by atoms with Gasteiger partial charge in [0.25, 0.3) is 5.56 Å². The zero-order valence-corrected chi connectivity index (χ0v) is 22.6. The number of aryl methyl sites for hydroxylation is 2. The lowest BCUT2D eigenvalue weighted by Gasteiger charge is -2.31. The lowest BCUT2D eigenvalue weighted by Crippen LogP contribution is -2.43. The highest BCUT2D eigenvalue weighted by molar-refractivity contribution is 6.30. The summed E-state index contributed by atoms with van der Waals surface area (Å²) in [6, 6.07) is 19.5. The molecule has 0 spiro atoms. The summed E-state index contributed by atoms with van der Waals surface area (Å²) in [5.74, 6) is 0.501. The van der Waals surface area contributed by atoms with Crippen LogP contribution in [0.5, 0.6) is 0 Å². The van der Waals surface area contributed by atoms with Gasteiger partial charge in [-0.2, -0.15) is 0 Å². The normalized spacial score (nSPS) is 12.1. The van der Waals surface area contributed by atoms with Gasteiger partial charge in [-0.15, -0.1) is 0 Å². The van der Waals surface area contributed by atoms with Gasteiger partial charge >= 0.3 is 6.03 Å². The van der Waals surface area contributed by atoms with Crippen molar-refractivity contribution < 1.29 is 4.79 Å². The maximum absolute atomic E-state index is 13.9. The second-order valence-corrected chi connectivity index (χ2v) is 9.96. The van der Waals surface area contributed by atoms with Gasteiger partial charge in [0.05, 0.1) is 22.6 Å². The molecule has 4 rings (SSSR count). The highest BCUT2D eigenvalue weighted by Crippen LogP contribution is 2.26. The van der Waals surface area contributed by atoms with Crippen LogP contribution in [0.3, 0.4) is 0 Å². The lowest BCUT2D eigenvalue weighted by molar-refractivity contribution is 0.181. The molecule has 0 aliphatic carbocycles. The van der Waals surface area contributed by atoms with Crippen LogP contribution in [0.15, 0.2) is 71.5 Å². The summed E-state index contributed by atoms with van der Waals surface area (Å²) in [7, 11) is 3.92. The number of hydrogen-bond acceptors (Lipinski definition) is 4. The molecule has 0 saturated heterocycles. The fraction of sp³-hybridized carbons (Fsp3) is 0.276. The van der Waals surface area contributed by atoms with Gasteiger partial charge < -0.3 is 15.1 Å². The number of nitrogens with zero attached hydrogens (tertiary/aromatic N) is 4. The third-order valence-corrected chi connectivity index (χ3v) is 6.63. The second kappa shape index (κ2) is 11.2. The molecule has 37 heavy (non-hydrogen) atoms. The number of aromatic nitrogens is 2. The Labute approximate surface area is 222 Å². The van der Waals surface area contributed by atoms with Crippen LogP contribution in [-0.4, -0.2) is 52.6 Å². The Morgan fingerprint density at radius 3 is 2.41 bits per heavy atom. The molecule has 0 fully saturated rings. The summed E-state index contributed by atoms with van der Waals surface area (Å²) in [4.78, 5) is 36.1. The maximum Gasteiger partial charge on any atom is 0.322 e. The molecule has 192 valence electrons. The third-order valence-electron chi connectivity index (χ3n) is 6.38. The van der Waals surface area contributed by atoms with Crippen molar-refractivity contribution in [2.45, 2.75) is 26.8 Å². The van der Waals surface area contributed by atoms with Crippen molar-refractivity contribution in [1.29, 1.82) is 0 Å². The first-order valence-corrected chi connectivity index (χ1v) is 12.6. The molecule has 1 atom stereocenters. The summed E-state index contributed by atoms with van der Waals surface area (Å²) in [5.41, 5.74) is 3.88. The summed E-state index contributed by atoms with van der Waals surface area (Å²) in [6.45, 7) is 6.98. The highest BCUT2D eigenvalue weighted by Gasteiger charge is 2.27. The van der Waals surface area contributed by atoms with Crippen molar-refractivity contribution >= 4 is 34.2 Å². The van der Waals surface area contributed by atoms with Crippen molar-refractivity contribution in [2.75, 3.05) is 32.5 Å². The number of likely N-dealkylation sites (N-methyl/N-ethyl adjacent to an activating group) is 1. The van der Waals surface area contributed by atoms with Gasteiger partial charge in [0.1, 0.15) is 5.82 Å².